The number of rotatable bonds is 7. The monoisotopic (exact) mass is 524 g/mol. The molecule has 0 bridgehead atoms. The van der Waals surface area contributed by atoms with Crippen molar-refractivity contribution in [3.63, 3.8) is 0 Å². The minimum absolute atomic E-state index is 0.228. The number of aromatic nitrogens is 2. The Morgan fingerprint density at radius 3 is 2.45 bits per heavy atom. The van der Waals surface area contributed by atoms with Crippen LogP contribution in [-0.4, -0.2) is 24.0 Å². The van der Waals surface area contributed by atoms with Crippen LogP contribution in [-0.2, 0) is 4.43 Å². The number of hydrogen-bond acceptors (Lipinski definition) is 2. The third kappa shape index (κ3) is 5.73. The molecular formula is C24H37IN2OSi. The van der Waals surface area contributed by atoms with E-state index in [1.54, 1.807) is 0 Å². The van der Waals surface area contributed by atoms with Crippen molar-refractivity contribution in [3.05, 3.63) is 52.1 Å². The lowest BCUT2D eigenvalue weighted by Gasteiger charge is -2.43. The Kier molecular flexibility index (Phi) is 7.65. The van der Waals surface area contributed by atoms with Gasteiger partial charge in [-0.15, -0.1) is 0 Å². The quantitative estimate of drug-likeness (QED) is 0.278. The highest BCUT2D eigenvalue weighted by Crippen LogP contribution is 2.42. The van der Waals surface area contributed by atoms with Crippen LogP contribution in [0, 0.1) is 9.49 Å². The molecule has 0 spiro atoms. The number of hydrogen-bond donors (Lipinski definition) is 0. The van der Waals surface area contributed by atoms with Crippen LogP contribution in [0.4, 0.5) is 0 Å². The van der Waals surface area contributed by atoms with Gasteiger partial charge >= 0.3 is 0 Å². The lowest BCUT2D eigenvalue weighted by molar-refractivity contribution is 0.0767. The summed E-state index contributed by atoms with van der Waals surface area (Å²) in [6.07, 6.45) is 14.0. The van der Waals surface area contributed by atoms with Gasteiger partial charge in [0.25, 0.3) is 0 Å². The van der Waals surface area contributed by atoms with E-state index in [1.807, 2.05) is 12.5 Å². The number of imidazole rings is 1. The summed E-state index contributed by atoms with van der Waals surface area (Å²) in [4.78, 5) is 4.36. The van der Waals surface area contributed by atoms with Crippen LogP contribution in [0.1, 0.15) is 70.9 Å². The van der Waals surface area contributed by atoms with Gasteiger partial charge in [-0.3, -0.25) is 0 Å². The van der Waals surface area contributed by atoms with E-state index in [0.717, 1.165) is 6.42 Å². The lowest BCUT2D eigenvalue weighted by atomic mass is 9.82. The summed E-state index contributed by atoms with van der Waals surface area (Å²) >= 11 is 2.48. The Labute approximate surface area is 191 Å². The second-order valence-electron chi connectivity index (χ2n) is 10.1. The first-order chi connectivity index (χ1) is 13.7. The average molecular weight is 525 g/mol. The number of halogens is 1. The molecule has 0 saturated heterocycles. The summed E-state index contributed by atoms with van der Waals surface area (Å²) in [5.41, 5.74) is 1.38. The Bertz CT molecular complexity index is 763. The van der Waals surface area contributed by atoms with E-state index in [4.69, 9.17) is 4.43 Å². The normalized spacial score (nSPS) is 18.6. The smallest absolute Gasteiger partial charge is 0.192 e. The summed E-state index contributed by atoms with van der Waals surface area (Å²) < 4.78 is 10.7. The Morgan fingerprint density at radius 1 is 1.17 bits per heavy atom. The van der Waals surface area contributed by atoms with E-state index in [9.17, 15) is 0 Å². The van der Waals surface area contributed by atoms with E-state index in [1.165, 1.54) is 41.2 Å². The van der Waals surface area contributed by atoms with Gasteiger partial charge in [-0.25, -0.2) is 4.98 Å². The second kappa shape index (κ2) is 9.65. The maximum Gasteiger partial charge on any atom is 0.192 e. The Morgan fingerprint density at radius 2 is 1.86 bits per heavy atom. The topological polar surface area (TPSA) is 27.1 Å². The molecule has 2 atom stereocenters. The maximum atomic E-state index is 7.13. The molecule has 29 heavy (non-hydrogen) atoms. The van der Waals surface area contributed by atoms with Crippen LogP contribution in [0.5, 0.6) is 0 Å². The first kappa shape index (κ1) is 23.0. The summed E-state index contributed by atoms with van der Waals surface area (Å²) in [6, 6.07) is 9.04. The predicted octanol–water partition coefficient (Wildman–Crippen LogP) is 7.44. The molecule has 0 aliphatic heterocycles. The third-order valence-corrected chi connectivity index (χ3v) is 12.5. The zero-order valence-electron chi connectivity index (χ0n) is 18.7. The van der Waals surface area contributed by atoms with Gasteiger partial charge in [0.2, 0.25) is 0 Å². The Balaban J connectivity index is 1.93. The molecule has 1 aromatic carbocycles. The van der Waals surface area contributed by atoms with Crippen LogP contribution in [0.15, 0.2) is 43.0 Å². The van der Waals surface area contributed by atoms with Gasteiger partial charge in [-0.1, -0.05) is 58.2 Å². The van der Waals surface area contributed by atoms with Crippen LogP contribution in [0.3, 0.4) is 0 Å². The minimum atomic E-state index is -1.84. The molecular weight excluding hydrogens is 487 g/mol. The lowest BCUT2D eigenvalue weighted by Crippen LogP contribution is -2.46. The van der Waals surface area contributed by atoms with Gasteiger partial charge in [-0.2, -0.15) is 0 Å². The van der Waals surface area contributed by atoms with E-state index in [2.05, 4.69) is 96.5 Å². The first-order valence-electron chi connectivity index (χ1n) is 11.1. The summed E-state index contributed by atoms with van der Waals surface area (Å²) in [7, 11) is -1.84. The molecule has 1 saturated carbocycles. The van der Waals surface area contributed by atoms with Gasteiger partial charge in [0.15, 0.2) is 8.32 Å². The van der Waals surface area contributed by atoms with Crippen LogP contribution < -0.4 is 0 Å². The molecule has 1 aliphatic rings. The van der Waals surface area contributed by atoms with Gasteiger partial charge in [-0.05, 0) is 77.5 Å². The zero-order chi connectivity index (χ0) is 21.1. The highest BCUT2D eigenvalue weighted by atomic mass is 127. The predicted molar refractivity (Wildman–Crippen MR) is 133 cm³/mol. The molecule has 0 amide bonds. The molecule has 3 nitrogen and oxygen atoms in total. The highest BCUT2D eigenvalue weighted by molar-refractivity contribution is 14.1. The number of benzene rings is 1. The molecule has 1 heterocycles. The second-order valence-corrected chi connectivity index (χ2v) is 16.0. The fourth-order valence-electron chi connectivity index (χ4n) is 4.23. The fourth-order valence-corrected chi connectivity index (χ4v) is 6.37. The van der Waals surface area contributed by atoms with Gasteiger partial charge in [0.05, 0.1) is 18.5 Å². The Hall–Kier alpha value is -0.663. The van der Waals surface area contributed by atoms with Crippen molar-refractivity contribution in [3.8, 4) is 0 Å². The molecule has 2 aromatic rings. The molecule has 5 heteroatoms. The fraction of sp³-hybridized carbons (Fsp3) is 0.625. The zero-order valence-corrected chi connectivity index (χ0v) is 21.9. The standard InChI is InChI=1S/C24H37IN2OSi/c1-24(2,3)29(4,5)28-23(19-11-7-6-8-12-19)17-22(27-16-15-26-18-27)20-13-9-10-14-21(20)25/h9-10,13-16,18-19,22-23H,6-8,11-12,17H2,1-5H3/t22-,23+/m0/s1. The maximum absolute atomic E-state index is 7.13. The third-order valence-electron chi connectivity index (χ3n) is 7.03. The molecule has 0 radical (unpaired) electrons. The summed E-state index contributed by atoms with van der Waals surface area (Å²) in [5.74, 6) is 0.672. The molecule has 3 rings (SSSR count). The molecule has 160 valence electrons. The van der Waals surface area contributed by atoms with E-state index in [-0.39, 0.29) is 11.1 Å². The van der Waals surface area contributed by atoms with Gasteiger partial charge in [0.1, 0.15) is 0 Å². The van der Waals surface area contributed by atoms with Crippen molar-refractivity contribution < 1.29 is 4.43 Å². The van der Waals surface area contributed by atoms with Gasteiger partial charge < -0.3 is 8.99 Å². The molecule has 1 fully saturated rings. The molecule has 0 unspecified atom stereocenters. The van der Waals surface area contributed by atoms with E-state index >= 15 is 0 Å². The van der Waals surface area contributed by atoms with Crippen molar-refractivity contribution in [1.82, 2.24) is 9.55 Å². The van der Waals surface area contributed by atoms with Gasteiger partial charge in [0, 0.05) is 16.0 Å². The van der Waals surface area contributed by atoms with E-state index in [0.29, 0.717) is 12.0 Å². The summed E-state index contributed by atoms with van der Waals surface area (Å²) in [5, 5.41) is 0.228. The average Bonchev–Trinajstić information content (AvgIpc) is 3.20. The summed E-state index contributed by atoms with van der Waals surface area (Å²) in [6.45, 7) is 11.9. The van der Waals surface area contributed by atoms with E-state index < -0.39 is 8.32 Å². The number of nitrogens with zero attached hydrogens (tertiary/aromatic N) is 2. The molecule has 0 N–H and O–H groups in total. The van der Waals surface area contributed by atoms with Crippen LogP contribution in [0.25, 0.3) is 0 Å². The van der Waals surface area contributed by atoms with Crippen molar-refractivity contribution in [2.24, 2.45) is 5.92 Å². The van der Waals surface area contributed by atoms with Crippen molar-refractivity contribution in [2.45, 2.75) is 89.6 Å². The minimum Gasteiger partial charge on any atom is -0.414 e. The van der Waals surface area contributed by atoms with Crippen LogP contribution >= 0.6 is 22.6 Å². The highest BCUT2D eigenvalue weighted by Gasteiger charge is 2.41. The van der Waals surface area contributed by atoms with Crippen molar-refractivity contribution in [2.75, 3.05) is 0 Å². The molecule has 1 aliphatic carbocycles. The van der Waals surface area contributed by atoms with Crippen LogP contribution in [0.2, 0.25) is 18.1 Å². The van der Waals surface area contributed by atoms with Crippen molar-refractivity contribution in [1.29, 1.82) is 0 Å². The SMILES string of the molecule is CC(C)(C)[Si](C)(C)O[C@H](C[C@@H](c1ccccc1I)n1ccnc1)C1CCCCC1. The largest absolute Gasteiger partial charge is 0.414 e. The first-order valence-corrected chi connectivity index (χ1v) is 15.1. The molecule has 1 aromatic heterocycles. The van der Waals surface area contributed by atoms with Crippen molar-refractivity contribution >= 4 is 30.9 Å².